The summed E-state index contributed by atoms with van der Waals surface area (Å²) in [5, 5.41) is 22.5. The molecule has 0 bridgehead atoms. The van der Waals surface area contributed by atoms with E-state index in [9.17, 15) is 25.0 Å². The number of primary amides is 1. The van der Waals surface area contributed by atoms with E-state index < -0.39 is 27.1 Å². The Morgan fingerprint density at radius 1 is 1.04 bits per heavy atom. The number of amides is 1. The van der Waals surface area contributed by atoms with Gasteiger partial charge in [0.2, 0.25) is 0 Å². The lowest BCUT2D eigenvalue weighted by Crippen LogP contribution is -2.31. The van der Waals surface area contributed by atoms with Gasteiger partial charge in [0.05, 0.1) is 15.9 Å². The Labute approximate surface area is 142 Å². The van der Waals surface area contributed by atoms with Crippen LogP contribution in [0.4, 0.5) is 17.1 Å². The molecule has 0 aliphatic carbocycles. The van der Waals surface area contributed by atoms with Crippen LogP contribution in [0, 0.1) is 20.2 Å². The van der Waals surface area contributed by atoms with Gasteiger partial charge in [0.25, 0.3) is 17.3 Å². The molecule has 0 aromatic heterocycles. The predicted molar refractivity (Wildman–Crippen MR) is 89.5 cm³/mol. The van der Waals surface area contributed by atoms with Gasteiger partial charge in [-0.05, 0) is 23.6 Å². The van der Waals surface area contributed by atoms with E-state index in [1.807, 2.05) is 24.3 Å². The first-order valence-corrected chi connectivity index (χ1v) is 7.47. The van der Waals surface area contributed by atoms with Gasteiger partial charge in [0.1, 0.15) is 11.3 Å². The number of nitrogens with zero attached hydrogens (tertiary/aromatic N) is 3. The van der Waals surface area contributed by atoms with E-state index in [2.05, 4.69) is 0 Å². The number of nitro benzene ring substituents is 2. The van der Waals surface area contributed by atoms with Crippen LogP contribution in [-0.2, 0) is 13.0 Å². The highest BCUT2D eigenvalue weighted by Gasteiger charge is 2.30. The van der Waals surface area contributed by atoms with E-state index in [-0.39, 0.29) is 11.3 Å². The Kier molecular flexibility index (Phi) is 4.05. The molecular weight excluding hydrogens is 328 g/mol. The molecule has 9 heteroatoms. The molecule has 0 unspecified atom stereocenters. The summed E-state index contributed by atoms with van der Waals surface area (Å²) in [5.74, 6) is -1.000. The molecule has 1 heterocycles. The normalized spacial score (nSPS) is 13.2. The summed E-state index contributed by atoms with van der Waals surface area (Å²) in [7, 11) is 0. The van der Waals surface area contributed by atoms with Crippen molar-refractivity contribution in [3.8, 4) is 0 Å². The van der Waals surface area contributed by atoms with E-state index in [0.717, 1.165) is 23.3 Å². The van der Waals surface area contributed by atoms with Crippen molar-refractivity contribution in [2.24, 2.45) is 5.73 Å². The number of carbonyl (C=O) groups is 1. The number of nitrogens with two attached hydrogens (primary N) is 1. The zero-order valence-corrected chi connectivity index (χ0v) is 13.0. The molecule has 25 heavy (non-hydrogen) atoms. The second-order valence-corrected chi connectivity index (χ2v) is 5.68. The first kappa shape index (κ1) is 16.4. The quantitative estimate of drug-likeness (QED) is 0.668. The molecule has 2 aromatic rings. The lowest BCUT2D eigenvalue weighted by molar-refractivity contribution is -0.393. The highest BCUT2D eigenvalue weighted by Crippen LogP contribution is 2.37. The fraction of sp³-hybridized carbons (Fsp3) is 0.188. The van der Waals surface area contributed by atoms with Crippen molar-refractivity contribution in [1.82, 2.24) is 0 Å². The van der Waals surface area contributed by atoms with Crippen LogP contribution in [-0.4, -0.2) is 22.3 Å². The van der Waals surface area contributed by atoms with Gasteiger partial charge < -0.3 is 10.6 Å². The Morgan fingerprint density at radius 3 is 2.28 bits per heavy atom. The van der Waals surface area contributed by atoms with Gasteiger partial charge in [-0.1, -0.05) is 24.3 Å². The predicted octanol–water partition coefficient (Wildman–Crippen LogP) is 2.16. The molecule has 2 aromatic carbocycles. The van der Waals surface area contributed by atoms with Gasteiger partial charge in [-0.15, -0.1) is 0 Å². The molecule has 0 saturated carbocycles. The zero-order chi connectivity index (χ0) is 18.1. The van der Waals surface area contributed by atoms with Crippen LogP contribution >= 0.6 is 0 Å². The fourth-order valence-electron chi connectivity index (χ4n) is 3.02. The average molecular weight is 342 g/mol. The number of nitro groups is 2. The maximum absolute atomic E-state index is 11.6. The van der Waals surface area contributed by atoms with Crippen molar-refractivity contribution in [1.29, 1.82) is 0 Å². The minimum Gasteiger partial charge on any atom is -0.365 e. The Morgan fingerprint density at radius 2 is 1.68 bits per heavy atom. The van der Waals surface area contributed by atoms with Crippen molar-refractivity contribution < 1.29 is 14.6 Å². The van der Waals surface area contributed by atoms with Gasteiger partial charge >= 0.3 is 0 Å². The first-order chi connectivity index (χ1) is 11.9. The lowest BCUT2D eigenvalue weighted by Gasteiger charge is -2.30. The van der Waals surface area contributed by atoms with Crippen molar-refractivity contribution in [3.05, 3.63) is 73.3 Å². The molecule has 0 saturated heterocycles. The topological polar surface area (TPSA) is 133 Å². The van der Waals surface area contributed by atoms with Gasteiger partial charge in [-0.25, -0.2) is 0 Å². The third-order valence-corrected chi connectivity index (χ3v) is 4.22. The summed E-state index contributed by atoms with van der Waals surface area (Å²) in [6, 6.07) is 9.66. The van der Waals surface area contributed by atoms with Gasteiger partial charge in [-0.3, -0.25) is 25.0 Å². The molecule has 0 radical (unpaired) electrons. The smallest absolute Gasteiger partial charge is 0.299 e. The Balaban J connectivity index is 2.12. The Bertz CT molecular complexity index is 896. The molecule has 0 fully saturated rings. The molecule has 128 valence electrons. The van der Waals surface area contributed by atoms with E-state index >= 15 is 0 Å². The van der Waals surface area contributed by atoms with E-state index in [1.54, 1.807) is 4.90 Å². The number of anilines is 1. The summed E-state index contributed by atoms with van der Waals surface area (Å²) in [6.07, 6.45) is 0.677. The van der Waals surface area contributed by atoms with Crippen molar-refractivity contribution in [3.63, 3.8) is 0 Å². The third kappa shape index (κ3) is 2.99. The van der Waals surface area contributed by atoms with Crippen LogP contribution in [0.1, 0.15) is 21.5 Å². The maximum atomic E-state index is 11.6. The number of hydrogen-bond acceptors (Lipinski definition) is 6. The molecule has 1 amide bonds. The number of fused-ring (bicyclic) bond motifs is 1. The SMILES string of the molecule is NC(=O)c1cc(N2CCc3ccccc3C2)c([N+](=O)[O-])cc1[N+](=O)[O-]. The highest BCUT2D eigenvalue weighted by atomic mass is 16.6. The standard InChI is InChI=1S/C16H14N4O5/c17-16(21)12-7-14(15(20(24)25)8-13(12)19(22)23)18-6-5-10-3-1-2-4-11(10)9-18/h1-4,7-8H,5-6,9H2,(H2,17,21). The van der Waals surface area contributed by atoms with Crippen molar-refractivity contribution in [2.45, 2.75) is 13.0 Å². The van der Waals surface area contributed by atoms with Crippen LogP contribution in [0.3, 0.4) is 0 Å². The summed E-state index contributed by atoms with van der Waals surface area (Å²) in [4.78, 5) is 34.3. The van der Waals surface area contributed by atoms with Crippen LogP contribution in [0.15, 0.2) is 36.4 Å². The molecular formula is C16H14N4O5. The zero-order valence-electron chi connectivity index (χ0n) is 13.0. The third-order valence-electron chi connectivity index (χ3n) is 4.22. The van der Waals surface area contributed by atoms with Crippen molar-refractivity contribution >= 4 is 23.0 Å². The van der Waals surface area contributed by atoms with Gasteiger partial charge in [0.15, 0.2) is 0 Å². The molecule has 3 rings (SSSR count). The number of benzene rings is 2. The summed E-state index contributed by atoms with van der Waals surface area (Å²) in [6.45, 7) is 0.904. The van der Waals surface area contributed by atoms with Gasteiger partial charge in [-0.2, -0.15) is 0 Å². The highest BCUT2D eigenvalue weighted by molar-refractivity contribution is 5.99. The fourth-order valence-corrected chi connectivity index (χ4v) is 3.02. The molecule has 1 aliphatic rings. The molecule has 0 atom stereocenters. The summed E-state index contributed by atoms with van der Waals surface area (Å²) in [5.41, 5.74) is 6.11. The number of hydrogen-bond donors (Lipinski definition) is 1. The van der Waals surface area contributed by atoms with Crippen LogP contribution in [0.5, 0.6) is 0 Å². The molecule has 1 aliphatic heterocycles. The average Bonchev–Trinajstić information content (AvgIpc) is 2.59. The molecule has 2 N–H and O–H groups in total. The summed E-state index contributed by atoms with van der Waals surface area (Å²) >= 11 is 0. The maximum Gasteiger partial charge on any atom is 0.299 e. The van der Waals surface area contributed by atoms with Crippen LogP contribution in [0.25, 0.3) is 0 Å². The summed E-state index contributed by atoms with van der Waals surface area (Å²) < 4.78 is 0. The largest absolute Gasteiger partial charge is 0.365 e. The molecule has 9 nitrogen and oxygen atoms in total. The van der Waals surface area contributed by atoms with E-state index in [4.69, 9.17) is 5.73 Å². The van der Waals surface area contributed by atoms with Gasteiger partial charge in [0, 0.05) is 13.1 Å². The van der Waals surface area contributed by atoms with E-state index in [1.165, 1.54) is 0 Å². The lowest BCUT2D eigenvalue weighted by atomic mass is 9.98. The van der Waals surface area contributed by atoms with E-state index in [0.29, 0.717) is 19.5 Å². The molecule has 0 spiro atoms. The van der Waals surface area contributed by atoms with Crippen LogP contribution in [0.2, 0.25) is 0 Å². The van der Waals surface area contributed by atoms with Crippen LogP contribution < -0.4 is 10.6 Å². The van der Waals surface area contributed by atoms with Crippen molar-refractivity contribution in [2.75, 3.05) is 11.4 Å². The minimum absolute atomic E-state index is 0.152. The number of carbonyl (C=O) groups excluding carboxylic acids is 1. The Hall–Kier alpha value is -3.49. The number of rotatable bonds is 4. The monoisotopic (exact) mass is 342 g/mol. The second kappa shape index (κ2) is 6.19. The second-order valence-electron chi connectivity index (χ2n) is 5.68. The first-order valence-electron chi connectivity index (χ1n) is 7.47. The minimum atomic E-state index is -1.000.